The fourth-order valence-electron chi connectivity index (χ4n) is 2.06. The van der Waals surface area contributed by atoms with Gasteiger partial charge in [-0.2, -0.15) is 0 Å². The lowest BCUT2D eigenvalue weighted by atomic mass is 10.2. The van der Waals surface area contributed by atoms with E-state index in [9.17, 15) is 17.2 Å². The number of nitrogens with one attached hydrogen (secondary N) is 1. The summed E-state index contributed by atoms with van der Waals surface area (Å²) in [6.07, 6.45) is 2.21. The molecular formula is C13H18F2N2O3S. The molecule has 2 rings (SSSR count). The zero-order chi connectivity index (χ0) is 15.6. The van der Waals surface area contributed by atoms with Crippen molar-refractivity contribution < 1.29 is 22.3 Å². The lowest BCUT2D eigenvalue weighted by molar-refractivity contribution is 0.267. The molecular weight excluding hydrogens is 302 g/mol. The average molecular weight is 320 g/mol. The third-order valence-electron chi connectivity index (χ3n) is 3.53. The van der Waals surface area contributed by atoms with Crippen LogP contribution in [0.4, 0.5) is 8.78 Å². The van der Waals surface area contributed by atoms with Gasteiger partial charge in [-0.15, -0.1) is 0 Å². The molecule has 1 aromatic rings. The molecule has 0 radical (unpaired) electrons. The first-order valence-corrected chi connectivity index (χ1v) is 8.12. The molecule has 5 nitrogen and oxygen atoms in total. The number of rotatable bonds is 7. The van der Waals surface area contributed by atoms with Crippen LogP contribution in [0.15, 0.2) is 17.0 Å². The van der Waals surface area contributed by atoms with Crippen molar-refractivity contribution in [3.05, 3.63) is 29.3 Å². The third kappa shape index (κ3) is 3.76. The lowest BCUT2D eigenvalue weighted by Crippen LogP contribution is -2.34. The quantitative estimate of drug-likeness (QED) is 0.781. The molecule has 0 spiro atoms. The van der Waals surface area contributed by atoms with Crippen molar-refractivity contribution >= 4 is 10.0 Å². The SMILES string of the molecule is CN(CCNS(=O)(=O)c1ccc(F)c(CO)c1F)C1CC1. The molecule has 0 bridgehead atoms. The van der Waals surface area contributed by atoms with E-state index in [2.05, 4.69) is 4.72 Å². The highest BCUT2D eigenvalue weighted by Crippen LogP contribution is 2.25. The van der Waals surface area contributed by atoms with E-state index in [1.807, 2.05) is 11.9 Å². The predicted octanol–water partition coefficient (Wildman–Crippen LogP) is 0.830. The molecule has 0 heterocycles. The average Bonchev–Trinajstić information content (AvgIpc) is 3.22. The molecule has 21 heavy (non-hydrogen) atoms. The van der Waals surface area contributed by atoms with Crippen LogP contribution in [0.1, 0.15) is 18.4 Å². The van der Waals surface area contributed by atoms with Crippen LogP contribution in [0.25, 0.3) is 0 Å². The van der Waals surface area contributed by atoms with E-state index in [-0.39, 0.29) is 6.54 Å². The second kappa shape index (κ2) is 6.35. The number of likely N-dealkylation sites (N-methyl/N-ethyl adjacent to an activating group) is 1. The Balaban J connectivity index is 2.08. The van der Waals surface area contributed by atoms with Crippen molar-refractivity contribution in [3.8, 4) is 0 Å². The van der Waals surface area contributed by atoms with Gasteiger partial charge in [0.15, 0.2) is 5.82 Å². The van der Waals surface area contributed by atoms with E-state index in [4.69, 9.17) is 5.11 Å². The number of benzene rings is 1. The first-order valence-electron chi connectivity index (χ1n) is 6.64. The predicted molar refractivity (Wildman–Crippen MR) is 73.1 cm³/mol. The van der Waals surface area contributed by atoms with E-state index in [0.29, 0.717) is 12.6 Å². The van der Waals surface area contributed by atoms with Crippen molar-refractivity contribution in [2.45, 2.75) is 30.4 Å². The van der Waals surface area contributed by atoms with Crippen molar-refractivity contribution in [3.63, 3.8) is 0 Å². The van der Waals surface area contributed by atoms with Gasteiger partial charge in [0.25, 0.3) is 0 Å². The molecule has 118 valence electrons. The van der Waals surface area contributed by atoms with Gasteiger partial charge in [0, 0.05) is 19.1 Å². The minimum absolute atomic E-state index is 0.139. The Morgan fingerprint density at radius 2 is 2.05 bits per heavy atom. The van der Waals surface area contributed by atoms with E-state index in [1.54, 1.807) is 0 Å². The van der Waals surface area contributed by atoms with Gasteiger partial charge in [0.2, 0.25) is 10.0 Å². The fraction of sp³-hybridized carbons (Fsp3) is 0.538. The van der Waals surface area contributed by atoms with Gasteiger partial charge in [-0.3, -0.25) is 0 Å². The van der Waals surface area contributed by atoms with Gasteiger partial charge in [-0.1, -0.05) is 0 Å². The third-order valence-corrected chi connectivity index (χ3v) is 5.00. The summed E-state index contributed by atoms with van der Waals surface area (Å²) in [4.78, 5) is 1.38. The minimum atomic E-state index is -4.07. The van der Waals surface area contributed by atoms with E-state index >= 15 is 0 Å². The summed E-state index contributed by atoms with van der Waals surface area (Å²) >= 11 is 0. The van der Waals surface area contributed by atoms with Crippen LogP contribution in [0.3, 0.4) is 0 Å². The molecule has 1 saturated carbocycles. The van der Waals surface area contributed by atoms with Gasteiger partial charge in [-0.25, -0.2) is 21.9 Å². The molecule has 0 atom stereocenters. The largest absolute Gasteiger partial charge is 0.391 e. The normalized spacial score (nSPS) is 15.7. The summed E-state index contributed by atoms with van der Waals surface area (Å²) in [6, 6.07) is 2.19. The highest BCUT2D eigenvalue weighted by molar-refractivity contribution is 7.89. The molecule has 0 aliphatic heterocycles. The molecule has 1 fully saturated rings. The number of hydrogen-bond acceptors (Lipinski definition) is 4. The van der Waals surface area contributed by atoms with Crippen molar-refractivity contribution in [2.75, 3.05) is 20.1 Å². The second-order valence-electron chi connectivity index (χ2n) is 5.11. The van der Waals surface area contributed by atoms with Crippen molar-refractivity contribution in [2.24, 2.45) is 0 Å². The van der Waals surface area contributed by atoms with Crippen LogP contribution < -0.4 is 4.72 Å². The topological polar surface area (TPSA) is 69.6 Å². The monoisotopic (exact) mass is 320 g/mol. The summed E-state index contributed by atoms with van der Waals surface area (Å²) < 4.78 is 53.5. The Morgan fingerprint density at radius 1 is 1.38 bits per heavy atom. The van der Waals surface area contributed by atoms with Crippen molar-refractivity contribution in [1.29, 1.82) is 0 Å². The fourth-order valence-corrected chi connectivity index (χ4v) is 3.18. The summed E-state index contributed by atoms with van der Waals surface area (Å²) in [6.45, 7) is -0.244. The second-order valence-corrected chi connectivity index (χ2v) is 6.84. The molecule has 0 amide bonds. The standard InChI is InChI=1S/C13H18F2N2O3S/c1-17(9-2-3-9)7-6-16-21(19,20)12-5-4-11(14)10(8-18)13(12)15/h4-5,9,16,18H,2-3,6-8H2,1H3. The van der Waals surface area contributed by atoms with Crippen LogP contribution in [-0.4, -0.2) is 44.6 Å². The summed E-state index contributed by atoms with van der Waals surface area (Å²) in [5.74, 6) is -2.22. The van der Waals surface area contributed by atoms with Crippen LogP contribution in [0, 0.1) is 11.6 Å². The molecule has 1 aromatic carbocycles. The van der Waals surface area contributed by atoms with Crippen LogP contribution in [-0.2, 0) is 16.6 Å². The molecule has 1 aliphatic rings. The molecule has 0 unspecified atom stereocenters. The smallest absolute Gasteiger partial charge is 0.243 e. The Morgan fingerprint density at radius 3 is 2.62 bits per heavy atom. The summed E-state index contributed by atoms with van der Waals surface area (Å²) in [7, 11) is -2.17. The van der Waals surface area contributed by atoms with Crippen molar-refractivity contribution in [1.82, 2.24) is 9.62 Å². The number of aliphatic hydroxyl groups is 1. The maximum absolute atomic E-state index is 13.9. The Bertz CT molecular complexity index is 618. The first kappa shape index (κ1) is 16.3. The molecule has 1 aliphatic carbocycles. The number of hydrogen-bond donors (Lipinski definition) is 2. The first-order chi connectivity index (χ1) is 9.86. The summed E-state index contributed by atoms with van der Waals surface area (Å²) in [5.41, 5.74) is -0.645. The number of nitrogens with zero attached hydrogens (tertiary/aromatic N) is 1. The molecule has 0 saturated heterocycles. The van der Waals surface area contributed by atoms with Gasteiger partial charge >= 0.3 is 0 Å². The van der Waals surface area contributed by atoms with Crippen LogP contribution in [0.5, 0.6) is 0 Å². The number of sulfonamides is 1. The zero-order valence-electron chi connectivity index (χ0n) is 11.6. The van der Waals surface area contributed by atoms with E-state index in [0.717, 1.165) is 25.0 Å². The lowest BCUT2D eigenvalue weighted by Gasteiger charge is -2.16. The van der Waals surface area contributed by atoms with Gasteiger partial charge < -0.3 is 10.0 Å². The van der Waals surface area contributed by atoms with E-state index < -0.39 is 38.7 Å². The molecule has 0 aromatic heterocycles. The Hall–Kier alpha value is -1.09. The van der Waals surface area contributed by atoms with Crippen LogP contribution >= 0.6 is 0 Å². The highest BCUT2D eigenvalue weighted by atomic mass is 32.2. The maximum Gasteiger partial charge on any atom is 0.243 e. The number of aliphatic hydroxyl groups excluding tert-OH is 1. The van der Waals surface area contributed by atoms with Gasteiger partial charge in [-0.05, 0) is 32.0 Å². The minimum Gasteiger partial charge on any atom is -0.391 e. The van der Waals surface area contributed by atoms with Crippen LogP contribution in [0.2, 0.25) is 0 Å². The maximum atomic E-state index is 13.9. The Labute approximate surface area is 122 Å². The zero-order valence-corrected chi connectivity index (χ0v) is 12.5. The van der Waals surface area contributed by atoms with Gasteiger partial charge in [0.05, 0.1) is 12.2 Å². The van der Waals surface area contributed by atoms with E-state index in [1.165, 1.54) is 0 Å². The molecule has 2 N–H and O–H groups in total. The van der Waals surface area contributed by atoms with Gasteiger partial charge in [0.1, 0.15) is 10.7 Å². The Kier molecular flexibility index (Phi) is 4.92. The molecule has 8 heteroatoms. The number of halogens is 2. The highest BCUT2D eigenvalue weighted by Gasteiger charge is 2.27. The summed E-state index contributed by atoms with van der Waals surface area (Å²) in [5, 5.41) is 8.90.